The standard InChI is InChI=1S/C14H18O2/c1-14(2,16)13(15)9-10-6-7-11-4-3-5-12(11)8-10/h6-8,16H,3-5,9H2,1-2H3. The molecule has 16 heavy (non-hydrogen) atoms. The van der Waals surface area contributed by atoms with Crippen LogP contribution in [0.3, 0.4) is 0 Å². The van der Waals surface area contributed by atoms with Gasteiger partial charge in [0, 0.05) is 6.42 Å². The fraction of sp³-hybridized carbons (Fsp3) is 0.500. The van der Waals surface area contributed by atoms with Gasteiger partial charge in [-0.1, -0.05) is 18.2 Å². The lowest BCUT2D eigenvalue weighted by Crippen LogP contribution is -2.32. The molecule has 2 heteroatoms. The van der Waals surface area contributed by atoms with Gasteiger partial charge in [-0.15, -0.1) is 0 Å². The Morgan fingerprint density at radius 2 is 2.00 bits per heavy atom. The molecule has 1 aliphatic carbocycles. The van der Waals surface area contributed by atoms with E-state index < -0.39 is 5.60 Å². The maximum atomic E-state index is 11.7. The summed E-state index contributed by atoms with van der Waals surface area (Å²) in [5, 5.41) is 9.59. The summed E-state index contributed by atoms with van der Waals surface area (Å²) in [6.45, 7) is 3.09. The fourth-order valence-corrected chi connectivity index (χ4v) is 2.14. The molecule has 0 saturated heterocycles. The van der Waals surface area contributed by atoms with Crippen LogP contribution in [0.5, 0.6) is 0 Å². The van der Waals surface area contributed by atoms with Crippen LogP contribution in [-0.4, -0.2) is 16.5 Å². The van der Waals surface area contributed by atoms with Gasteiger partial charge < -0.3 is 5.11 Å². The molecule has 0 spiro atoms. The lowest BCUT2D eigenvalue weighted by Gasteiger charge is -2.15. The summed E-state index contributed by atoms with van der Waals surface area (Å²) in [5.74, 6) is -0.120. The van der Waals surface area contributed by atoms with Crippen molar-refractivity contribution in [3.63, 3.8) is 0 Å². The lowest BCUT2D eigenvalue weighted by molar-refractivity contribution is -0.133. The van der Waals surface area contributed by atoms with Crippen molar-refractivity contribution >= 4 is 5.78 Å². The lowest BCUT2D eigenvalue weighted by atomic mass is 9.95. The molecule has 86 valence electrons. The van der Waals surface area contributed by atoms with Gasteiger partial charge in [0.1, 0.15) is 5.60 Å². The van der Waals surface area contributed by atoms with E-state index in [4.69, 9.17) is 0 Å². The summed E-state index contributed by atoms with van der Waals surface area (Å²) in [5.41, 5.74) is 2.59. The number of hydrogen-bond donors (Lipinski definition) is 1. The zero-order valence-corrected chi connectivity index (χ0v) is 9.92. The van der Waals surface area contributed by atoms with E-state index in [2.05, 4.69) is 12.1 Å². The molecule has 0 aliphatic heterocycles. The molecule has 0 bridgehead atoms. The molecule has 2 nitrogen and oxygen atoms in total. The second kappa shape index (κ2) is 4.02. The van der Waals surface area contributed by atoms with Gasteiger partial charge in [-0.25, -0.2) is 0 Å². The molecule has 0 heterocycles. The first-order chi connectivity index (χ1) is 7.47. The van der Waals surface area contributed by atoms with Gasteiger partial charge in [0.25, 0.3) is 0 Å². The van der Waals surface area contributed by atoms with E-state index >= 15 is 0 Å². The Morgan fingerprint density at radius 1 is 1.31 bits per heavy atom. The number of carbonyl (C=O) groups is 1. The smallest absolute Gasteiger partial charge is 0.168 e. The third kappa shape index (κ3) is 2.33. The molecule has 0 amide bonds. The van der Waals surface area contributed by atoms with E-state index in [0.29, 0.717) is 6.42 Å². The van der Waals surface area contributed by atoms with Crippen LogP contribution in [0.2, 0.25) is 0 Å². The van der Waals surface area contributed by atoms with Crippen molar-refractivity contribution < 1.29 is 9.90 Å². The highest BCUT2D eigenvalue weighted by Gasteiger charge is 2.23. The van der Waals surface area contributed by atoms with Crippen molar-refractivity contribution in [2.24, 2.45) is 0 Å². The van der Waals surface area contributed by atoms with Crippen molar-refractivity contribution in [2.75, 3.05) is 0 Å². The number of Topliss-reactive ketones (excluding diaryl/α,β-unsaturated/α-hetero) is 1. The van der Waals surface area contributed by atoms with Crippen molar-refractivity contribution in [3.05, 3.63) is 34.9 Å². The minimum atomic E-state index is -1.22. The van der Waals surface area contributed by atoms with E-state index in [1.807, 2.05) is 6.07 Å². The van der Waals surface area contributed by atoms with Crippen LogP contribution in [0, 0.1) is 0 Å². The second-order valence-corrected chi connectivity index (χ2v) is 5.12. The Hall–Kier alpha value is -1.15. The van der Waals surface area contributed by atoms with Gasteiger partial charge in [0.2, 0.25) is 0 Å². The average molecular weight is 218 g/mol. The monoisotopic (exact) mass is 218 g/mol. The van der Waals surface area contributed by atoms with Gasteiger partial charge in [0.05, 0.1) is 0 Å². The Kier molecular flexibility index (Phi) is 2.85. The van der Waals surface area contributed by atoms with Crippen molar-refractivity contribution in [3.8, 4) is 0 Å². The Bertz CT molecular complexity index is 413. The molecule has 0 fully saturated rings. The summed E-state index contributed by atoms with van der Waals surface area (Å²) in [6, 6.07) is 6.25. The third-order valence-electron chi connectivity index (χ3n) is 3.21. The number of fused-ring (bicyclic) bond motifs is 1. The number of ketones is 1. The number of carbonyl (C=O) groups excluding carboxylic acids is 1. The summed E-state index contributed by atoms with van der Waals surface area (Å²) in [6.07, 6.45) is 3.84. The van der Waals surface area contributed by atoms with Crippen LogP contribution < -0.4 is 0 Å². The van der Waals surface area contributed by atoms with Crippen molar-refractivity contribution in [1.82, 2.24) is 0 Å². The highest BCUT2D eigenvalue weighted by molar-refractivity contribution is 5.88. The molecule has 0 saturated carbocycles. The maximum absolute atomic E-state index is 11.7. The topological polar surface area (TPSA) is 37.3 Å². The van der Waals surface area contributed by atoms with Crippen LogP contribution in [0.25, 0.3) is 0 Å². The third-order valence-corrected chi connectivity index (χ3v) is 3.21. The van der Waals surface area contributed by atoms with Gasteiger partial charge >= 0.3 is 0 Å². The average Bonchev–Trinajstić information content (AvgIpc) is 2.63. The molecule has 0 unspecified atom stereocenters. The summed E-state index contributed by atoms with van der Waals surface area (Å²) in [4.78, 5) is 11.7. The molecule has 2 rings (SSSR count). The van der Waals surface area contributed by atoms with Gasteiger partial charge in [-0.05, 0) is 49.8 Å². The van der Waals surface area contributed by atoms with E-state index in [1.165, 1.54) is 17.5 Å². The summed E-state index contributed by atoms with van der Waals surface area (Å²) >= 11 is 0. The van der Waals surface area contributed by atoms with E-state index in [9.17, 15) is 9.90 Å². The number of aliphatic hydroxyl groups is 1. The van der Waals surface area contributed by atoms with E-state index in [-0.39, 0.29) is 5.78 Å². The van der Waals surface area contributed by atoms with E-state index in [0.717, 1.165) is 18.4 Å². The van der Waals surface area contributed by atoms with Crippen LogP contribution >= 0.6 is 0 Å². The fourth-order valence-electron chi connectivity index (χ4n) is 2.14. The number of aryl methyl sites for hydroxylation is 2. The van der Waals surface area contributed by atoms with Gasteiger partial charge in [-0.2, -0.15) is 0 Å². The molecule has 1 aromatic rings. The second-order valence-electron chi connectivity index (χ2n) is 5.12. The molecular weight excluding hydrogens is 200 g/mol. The number of rotatable bonds is 3. The number of hydrogen-bond acceptors (Lipinski definition) is 2. The Morgan fingerprint density at radius 3 is 2.69 bits per heavy atom. The molecule has 1 N–H and O–H groups in total. The maximum Gasteiger partial charge on any atom is 0.168 e. The summed E-state index contributed by atoms with van der Waals surface area (Å²) in [7, 11) is 0. The first-order valence-electron chi connectivity index (χ1n) is 5.83. The SMILES string of the molecule is CC(C)(O)C(=O)Cc1ccc2c(c1)CCC2. The molecular formula is C14H18O2. The first-order valence-corrected chi connectivity index (χ1v) is 5.83. The van der Waals surface area contributed by atoms with Crippen LogP contribution in [-0.2, 0) is 24.1 Å². The molecule has 0 atom stereocenters. The molecule has 0 aromatic heterocycles. The molecule has 1 aromatic carbocycles. The van der Waals surface area contributed by atoms with E-state index in [1.54, 1.807) is 13.8 Å². The predicted octanol–water partition coefficient (Wildman–Crippen LogP) is 2.06. The first kappa shape index (κ1) is 11.3. The van der Waals surface area contributed by atoms with Crippen LogP contribution in [0.1, 0.15) is 37.0 Å². The molecule has 0 radical (unpaired) electrons. The van der Waals surface area contributed by atoms with Crippen LogP contribution in [0.4, 0.5) is 0 Å². The van der Waals surface area contributed by atoms with Crippen molar-refractivity contribution in [2.45, 2.75) is 45.1 Å². The zero-order valence-electron chi connectivity index (χ0n) is 9.92. The zero-order chi connectivity index (χ0) is 11.8. The quantitative estimate of drug-likeness (QED) is 0.843. The Labute approximate surface area is 96.3 Å². The molecule has 1 aliphatic rings. The Balaban J connectivity index is 2.14. The number of benzene rings is 1. The normalized spacial score (nSPS) is 14.9. The highest BCUT2D eigenvalue weighted by Crippen LogP contribution is 2.23. The minimum absolute atomic E-state index is 0.120. The van der Waals surface area contributed by atoms with Crippen molar-refractivity contribution in [1.29, 1.82) is 0 Å². The minimum Gasteiger partial charge on any atom is -0.383 e. The van der Waals surface area contributed by atoms with Gasteiger partial charge in [-0.3, -0.25) is 4.79 Å². The highest BCUT2D eigenvalue weighted by atomic mass is 16.3. The van der Waals surface area contributed by atoms with Crippen LogP contribution in [0.15, 0.2) is 18.2 Å². The van der Waals surface area contributed by atoms with Gasteiger partial charge in [0.15, 0.2) is 5.78 Å². The summed E-state index contributed by atoms with van der Waals surface area (Å²) < 4.78 is 0. The largest absolute Gasteiger partial charge is 0.383 e. The predicted molar refractivity (Wildman–Crippen MR) is 63.5 cm³/mol.